The largest absolute Gasteiger partial charge is 0.424 e. The van der Waals surface area contributed by atoms with E-state index in [1.54, 1.807) is 30.3 Å². The maximum atomic E-state index is 12.8. The van der Waals surface area contributed by atoms with Crippen LogP contribution in [0, 0.1) is 0 Å². The Morgan fingerprint density at radius 3 is 2.54 bits per heavy atom. The number of hydrogen-bond donors (Lipinski definition) is 2. The van der Waals surface area contributed by atoms with Crippen LogP contribution in [-0.4, -0.2) is 17.4 Å². The van der Waals surface area contributed by atoms with E-state index in [0.29, 0.717) is 5.69 Å². The number of halogens is 3. The molecule has 1 saturated heterocycles. The SMILES string of the molecule is O=C(Nc1ccccc1)OC1SC(c2cccc(C(F)(F)F)c2)NC1=O. The summed E-state index contributed by atoms with van der Waals surface area (Å²) >= 11 is 0.919. The van der Waals surface area contributed by atoms with E-state index in [4.69, 9.17) is 4.74 Å². The first-order chi connectivity index (χ1) is 12.3. The minimum atomic E-state index is -4.48. The zero-order chi connectivity index (χ0) is 18.7. The molecule has 2 aromatic rings. The van der Waals surface area contributed by atoms with Crippen LogP contribution in [-0.2, 0) is 15.7 Å². The molecule has 26 heavy (non-hydrogen) atoms. The highest BCUT2D eigenvalue weighted by Gasteiger charge is 2.38. The van der Waals surface area contributed by atoms with Crippen molar-refractivity contribution in [2.24, 2.45) is 0 Å². The Morgan fingerprint density at radius 1 is 1.12 bits per heavy atom. The van der Waals surface area contributed by atoms with Crippen LogP contribution in [0.4, 0.5) is 23.7 Å². The van der Waals surface area contributed by atoms with E-state index >= 15 is 0 Å². The van der Waals surface area contributed by atoms with Gasteiger partial charge in [0.15, 0.2) is 0 Å². The summed E-state index contributed by atoms with van der Waals surface area (Å²) < 4.78 is 43.5. The summed E-state index contributed by atoms with van der Waals surface area (Å²) in [6.07, 6.45) is -5.30. The number of nitrogens with one attached hydrogen (secondary N) is 2. The number of rotatable bonds is 3. The first-order valence-electron chi connectivity index (χ1n) is 7.48. The second-order valence-corrected chi connectivity index (χ2v) is 6.55. The molecule has 1 aliphatic heterocycles. The first kappa shape index (κ1) is 18.1. The Balaban J connectivity index is 1.64. The fourth-order valence-corrected chi connectivity index (χ4v) is 3.37. The highest BCUT2D eigenvalue weighted by molar-refractivity contribution is 8.01. The third-order valence-electron chi connectivity index (χ3n) is 3.50. The van der Waals surface area contributed by atoms with E-state index in [2.05, 4.69) is 10.6 Å². The quantitative estimate of drug-likeness (QED) is 0.837. The van der Waals surface area contributed by atoms with Gasteiger partial charge in [0.05, 0.1) is 5.56 Å². The fraction of sp³-hybridized carbons (Fsp3) is 0.176. The average molecular weight is 382 g/mol. The standard InChI is InChI=1S/C17H13F3N2O3S/c18-17(19,20)11-6-4-5-10(9-11)14-22-13(23)15(26-14)25-16(24)21-12-7-2-1-3-8-12/h1-9,14-15H,(H,21,24)(H,22,23). The molecular formula is C17H13F3N2O3S. The lowest BCUT2D eigenvalue weighted by molar-refractivity contribution is -0.137. The lowest BCUT2D eigenvalue weighted by Crippen LogP contribution is -2.29. The maximum absolute atomic E-state index is 12.8. The second-order valence-electron chi connectivity index (χ2n) is 5.38. The third-order valence-corrected chi connectivity index (χ3v) is 4.72. The highest BCUT2D eigenvalue weighted by Crippen LogP contribution is 2.38. The molecule has 2 unspecified atom stereocenters. The molecule has 5 nitrogen and oxygen atoms in total. The van der Waals surface area contributed by atoms with Gasteiger partial charge in [-0.25, -0.2) is 4.79 Å². The fourth-order valence-electron chi connectivity index (χ4n) is 2.30. The van der Waals surface area contributed by atoms with Crippen LogP contribution in [0.3, 0.4) is 0 Å². The number of carbonyl (C=O) groups is 2. The van der Waals surface area contributed by atoms with Gasteiger partial charge in [-0.1, -0.05) is 42.1 Å². The maximum Gasteiger partial charge on any atom is 0.416 e. The van der Waals surface area contributed by atoms with Gasteiger partial charge < -0.3 is 10.1 Å². The Kier molecular flexibility index (Phi) is 5.08. The molecule has 0 aromatic heterocycles. The summed E-state index contributed by atoms with van der Waals surface area (Å²) in [6.45, 7) is 0. The second kappa shape index (κ2) is 7.28. The van der Waals surface area contributed by atoms with Gasteiger partial charge in [0.2, 0.25) is 5.44 Å². The number of amides is 2. The monoisotopic (exact) mass is 382 g/mol. The zero-order valence-electron chi connectivity index (χ0n) is 13.1. The predicted molar refractivity (Wildman–Crippen MR) is 90.3 cm³/mol. The zero-order valence-corrected chi connectivity index (χ0v) is 13.9. The molecule has 3 rings (SSSR count). The molecule has 0 bridgehead atoms. The molecule has 0 spiro atoms. The molecule has 2 aromatic carbocycles. The van der Waals surface area contributed by atoms with Gasteiger partial charge in [0.1, 0.15) is 5.37 Å². The average Bonchev–Trinajstić information content (AvgIpc) is 2.96. The lowest BCUT2D eigenvalue weighted by Gasteiger charge is -2.13. The van der Waals surface area contributed by atoms with Crippen LogP contribution in [0.25, 0.3) is 0 Å². The van der Waals surface area contributed by atoms with E-state index in [-0.39, 0.29) is 5.56 Å². The van der Waals surface area contributed by atoms with Crippen LogP contribution in [0.2, 0.25) is 0 Å². The summed E-state index contributed by atoms with van der Waals surface area (Å²) in [5, 5.41) is 4.25. The number of anilines is 1. The number of carbonyl (C=O) groups excluding carboxylic acids is 2. The van der Waals surface area contributed by atoms with Gasteiger partial charge >= 0.3 is 12.3 Å². The predicted octanol–water partition coefficient (Wildman–Crippen LogP) is 4.14. The van der Waals surface area contributed by atoms with Crippen LogP contribution in [0.15, 0.2) is 54.6 Å². The van der Waals surface area contributed by atoms with Crippen molar-refractivity contribution in [3.05, 3.63) is 65.7 Å². The van der Waals surface area contributed by atoms with Crippen LogP contribution >= 0.6 is 11.8 Å². The van der Waals surface area contributed by atoms with E-state index in [1.165, 1.54) is 12.1 Å². The van der Waals surface area contributed by atoms with E-state index in [1.807, 2.05) is 0 Å². The number of hydrogen-bond acceptors (Lipinski definition) is 4. The molecule has 0 saturated carbocycles. The number of benzene rings is 2. The lowest BCUT2D eigenvalue weighted by atomic mass is 10.1. The Labute approximate surface area is 150 Å². The Hall–Kier alpha value is -2.68. The molecule has 0 radical (unpaired) electrons. The van der Waals surface area contributed by atoms with Gasteiger partial charge in [-0.05, 0) is 29.8 Å². The molecule has 2 atom stereocenters. The van der Waals surface area contributed by atoms with Crippen molar-refractivity contribution in [3.8, 4) is 0 Å². The Bertz CT molecular complexity index is 814. The van der Waals surface area contributed by atoms with Crippen LogP contribution in [0.5, 0.6) is 0 Å². The summed E-state index contributed by atoms with van der Waals surface area (Å²) in [5.74, 6) is -0.583. The van der Waals surface area contributed by atoms with Crippen LogP contribution in [0.1, 0.15) is 16.5 Å². The summed E-state index contributed by atoms with van der Waals surface area (Å²) in [4.78, 5) is 23.8. The summed E-state index contributed by atoms with van der Waals surface area (Å²) in [6, 6.07) is 13.2. The van der Waals surface area contributed by atoms with Gasteiger partial charge in [0.25, 0.3) is 5.91 Å². The van der Waals surface area contributed by atoms with Gasteiger partial charge in [0, 0.05) is 5.69 Å². The van der Waals surface area contributed by atoms with Gasteiger partial charge in [-0.15, -0.1) is 0 Å². The number of para-hydroxylation sites is 1. The Morgan fingerprint density at radius 2 is 1.85 bits per heavy atom. The molecule has 0 aliphatic carbocycles. The minimum Gasteiger partial charge on any atom is -0.424 e. The molecular weight excluding hydrogens is 369 g/mol. The van der Waals surface area contributed by atoms with E-state index in [0.717, 1.165) is 23.9 Å². The normalized spacial score (nSPS) is 19.7. The molecule has 9 heteroatoms. The molecule has 2 N–H and O–H groups in total. The topological polar surface area (TPSA) is 67.4 Å². The molecule has 136 valence electrons. The number of thioether (sulfide) groups is 1. The van der Waals surface area contributed by atoms with Crippen molar-refractivity contribution in [2.45, 2.75) is 17.0 Å². The number of alkyl halides is 3. The molecule has 1 heterocycles. The van der Waals surface area contributed by atoms with Crippen molar-refractivity contribution >= 4 is 29.4 Å². The van der Waals surface area contributed by atoms with Crippen molar-refractivity contribution in [1.29, 1.82) is 0 Å². The van der Waals surface area contributed by atoms with Crippen molar-refractivity contribution in [2.75, 3.05) is 5.32 Å². The molecule has 1 aliphatic rings. The third kappa shape index (κ3) is 4.29. The van der Waals surface area contributed by atoms with E-state index in [9.17, 15) is 22.8 Å². The highest BCUT2D eigenvalue weighted by atomic mass is 32.2. The van der Waals surface area contributed by atoms with Gasteiger partial charge in [-0.2, -0.15) is 13.2 Å². The molecule has 1 fully saturated rings. The summed E-state index contributed by atoms with van der Waals surface area (Å²) in [5.41, 5.74) is -1.20. The molecule has 2 amide bonds. The van der Waals surface area contributed by atoms with Crippen molar-refractivity contribution < 1.29 is 27.5 Å². The summed E-state index contributed by atoms with van der Waals surface area (Å²) in [7, 11) is 0. The van der Waals surface area contributed by atoms with Gasteiger partial charge in [-0.3, -0.25) is 10.1 Å². The van der Waals surface area contributed by atoms with Crippen LogP contribution < -0.4 is 10.6 Å². The smallest absolute Gasteiger partial charge is 0.416 e. The minimum absolute atomic E-state index is 0.271. The van der Waals surface area contributed by atoms with Crippen molar-refractivity contribution in [1.82, 2.24) is 5.32 Å². The number of ether oxygens (including phenoxy) is 1. The van der Waals surface area contributed by atoms with E-state index < -0.39 is 34.6 Å². The van der Waals surface area contributed by atoms with Crippen molar-refractivity contribution in [3.63, 3.8) is 0 Å². The first-order valence-corrected chi connectivity index (χ1v) is 8.43.